The Morgan fingerprint density at radius 3 is 2.48 bits per heavy atom. The fraction of sp³-hybridized carbons (Fsp3) is 0.368. The molecule has 1 aromatic carbocycles. The van der Waals surface area contributed by atoms with Crippen LogP contribution in [0.2, 0.25) is 0 Å². The first-order chi connectivity index (χ1) is 12.6. The van der Waals surface area contributed by atoms with Crippen LogP contribution in [0.3, 0.4) is 0 Å². The summed E-state index contributed by atoms with van der Waals surface area (Å²) in [5.41, 5.74) is 1.80. The third-order valence-corrected chi connectivity index (χ3v) is 3.41. The highest BCUT2D eigenvalue weighted by atomic mass is 127. The van der Waals surface area contributed by atoms with Crippen molar-refractivity contribution in [2.45, 2.75) is 39.9 Å². The Balaban J connectivity index is 0.00000364. The lowest BCUT2D eigenvalue weighted by molar-refractivity contribution is 0.250. The van der Waals surface area contributed by atoms with Gasteiger partial charge in [-0.1, -0.05) is 12.1 Å². The third-order valence-electron chi connectivity index (χ3n) is 3.41. The average molecular weight is 485 g/mol. The monoisotopic (exact) mass is 485 g/mol. The van der Waals surface area contributed by atoms with E-state index in [9.17, 15) is 4.79 Å². The molecule has 0 unspecified atom stereocenters. The lowest BCUT2D eigenvalue weighted by atomic mass is 10.2. The van der Waals surface area contributed by atoms with Gasteiger partial charge in [-0.15, -0.1) is 24.0 Å². The summed E-state index contributed by atoms with van der Waals surface area (Å²) in [6.45, 7) is 7.74. The van der Waals surface area contributed by atoms with Crippen LogP contribution in [0, 0.1) is 0 Å². The van der Waals surface area contributed by atoms with Crippen molar-refractivity contribution in [3.05, 3.63) is 54.0 Å². The molecule has 0 aliphatic carbocycles. The van der Waals surface area contributed by atoms with Gasteiger partial charge in [0.25, 0.3) is 0 Å². The van der Waals surface area contributed by atoms with Crippen LogP contribution in [0.25, 0.3) is 0 Å². The number of hydrogen-bond acceptors (Lipinski definition) is 3. The highest BCUT2D eigenvalue weighted by Gasteiger charge is 2.04. The Labute approximate surface area is 177 Å². The summed E-state index contributed by atoms with van der Waals surface area (Å²) in [6, 6.07) is 11.3. The first kappa shape index (κ1) is 22.8. The summed E-state index contributed by atoms with van der Waals surface area (Å²) < 4.78 is 5.31. The van der Waals surface area contributed by atoms with Crippen molar-refractivity contribution in [3.63, 3.8) is 0 Å². The Hall–Kier alpha value is -2.23. The molecule has 2 aromatic rings. The van der Waals surface area contributed by atoms with Crippen LogP contribution < -0.4 is 21.3 Å². The number of guanidine groups is 1. The second-order valence-electron chi connectivity index (χ2n) is 6.08. The topological polar surface area (TPSA) is 90.7 Å². The number of nitrogens with zero attached hydrogens (tertiary/aromatic N) is 1. The standard InChI is InChI=1S/C19H27N5O2.HI/c1-4-20-18(22-13-17-6-5-11-26-17)21-12-15-7-9-16(10-8-15)24-19(25)23-14(2)3;/h5-11,14H,4,12-13H2,1-3H3,(H2,20,21,22)(H2,23,24,25);1H. The summed E-state index contributed by atoms with van der Waals surface area (Å²) in [6.07, 6.45) is 1.65. The van der Waals surface area contributed by atoms with Gasteiger partial charge in [-0.25, -0.2) is 9.79 Å². The van der Waals surface area contributed by atoms with E-state index in [0.717, 1.165) is 29.5 Å². The Morgan fingerprint density at radius 2 is 1.89 bits per heavy atom. The van der Waals surface area contributed by atoms with Crippen molar-refractivity contribution in [1.29, 1.82) is 0 Å². The number of amides is 2. The van der Waals surface area contributed by atoms with Crippen LogP contribution in [-0.2, 0) is 13.1 Å². The van der Waals surface area contributed by atoms with E-state index in [1.54, 1.807) is 6.26 Å². The summed E-state index contributed by atoms with van der Waals surface area (Å²) >= 11 is 0. The number of rotatable bonds is 7. The number of benzene rings is 1. The van der Waals surface area contributed by atoms with E-state index in [2.05, 4.69) is 26.3 Å². The van der Waals surface area contributed by atoms with Crippen molar-refractivity contribution in [1.82, 2.24) is 16.0 Å². The molecular formula is C19H28IN5O2. The minimum absolute atomic E-state index is 0. The van der Waals surface area contributed by atoms with Crippen LogP contribution in [-0.4, -0.2) is 24.6 Å². The molecule has 0 saturated carbocycles. The summed E-state index contributed by atoms with van der Waals surface area (Å²) in [4.78, 5) is 16.3. The molecule has 0 bridgehead atoms. The molecule has 27 heavy (non-hydrogen) atoms. The quantitative estimate of drug-likeness (QED) is 0.274. The maximum atomic E-state index is 11.7. The molecule has 0 radical (unpaired) electrons. The molecule has 2 amide bonds. The Morgan fingerprint density at radius 1 is 1.15 bits per heavy atom. The molecule has 0 fully saturated rings. The number of carbonyl (C=O) groups excluding carboxylic acids is 1. The Kier molecular flexibility index (Phi) is 10.3. The molecular weight excluding hydrogens is 457 g/mol. The molecule has 0 atom stereocenters. The Bertz CT molecular complexity index is 699. The highest BCUT2D eigenvalue weighted by molar-refractivity contribution is 14.0. The van der Waals surface area contributed by atoms with Crippen molar-refractivity contribution >= 4 is 41.7 Å². The van der Waals surface area contributed by atoms with E-state index in [4.69, 9.17) is 4.42 Å². The van der Waals surface area contributed by atoms with Gasteiger partial charge in [0.2, 0.25) is 0 Å². The zero-order valence-corrected chi connectivity index (χ0v) is 18.2. The summed E-state index contributed by atoms with van der Waals surface area (Å²) in [5, 5.41) is 12.0. The first-order valence-corrected chi connectivity index (χ1v) is 8.78. The van der Waals surface area contributed by atoms with Gasteiger partial charge in [0.05, 0.1) is 19.4 Å². The van der Waals surface area contributed by atoms with Crippen LogP contribution in [0.4, 0.5) is 10.5 Å². The van der Waals surface area contributed by atoms with E-state index in [1.165, 1.54) is 0 Å². The molecule has 1 heterocycles. The molecule has 0 saturated heterocycles. The molecule has 4 N–H and O–H groups in total. The van der Waals surface area contributed by atoms with E-state index in [-0.39, 0.29) is 36.0 Å². The average Bonchev–Trinajstić information content (AvgIpc) is 3.11. The second kappa shape index (κ2) is 12.2. The lowest BCUT2D eigenvalue weighted by Crippen LogP contribution is -2.36. The van der Waals surface area contributed by atoms with Crippen molar-refractivity contribution in [2.75, 3.05) is 11.9 Å². The van der Waals surface area contributed by atoms with E-state index in [1.807, 2.05) is 57.2 Å². The van der Waals surface area contributed by atoms with Crippen LogP contribution in [0.5, 0.6) is 0 Å². The third kappa shape index (κ3) is 8.80. The fourth-order valence-corrected chi connectivity index (χ4v) is 2.22. The van der Waals surface area contributed by atoms with Gasteiger partial charge in [-0.05, 0) is 50.6 Å². The van der Waals surface area contributed by atoms with Crippen molar-refractivity contribution in [3.8, 4) is 0 Å². The maximum absolute atomic E-state index is 11.7. The summed E-state index contributed by atoms with van der Waals surface area (Å²) in [5.74, 6) is 1.58. The fourth-order valence-electron chi connectivity index (χ4n) is 2.22. The molecule has 7 nitrogen and oxygen atoms in total. The smallest absolute Gasteiger partial charge is 0.319 e. The van der Waals surface area contributed by atoms with Gasteiger partial charge in [0.1, 0.15) is 5.76 Å². The molecule has 2 rings (SSSR count). The van der Waals surface area contributed by atoms with E-state index in [0.29, 0.717) is 13.1 Å². The van der Waals surface area contributed by atoms with Gasteiger partial charge in [-0.2, -0.15) is 0 Å². The van der Waals surface area contributed by atoms with Crippen molar-refractivity contribution < 1.29 is 9.21 Å². The molecule has 148 valence electrons. The summed E-state index contributed by atoms with van der Waals surface area (Å²) in [7, 11) is 0. The molecule has 1 aromatic heterocycles. The minimum Gasteiger partial charge on any atom is -0.467 e. The van der Waals surface area contributed by atoms with Crippen LogP contribution in [0.15, 0.2) is 52.1 Å². The highest BCUT2D eigenvalue weighted by Crippen LogP contribution is 2.10. The number of carbonyl (C=O) groups is 1. The van der Waals surface area contributed by atoms with E-state index < -0.39 is 0 Å². The van der Waals surface area contributed by atoms with E-state index >= 15 is 0 Å². The normalized spacial score (nSPS) is 10.9. The minimum atomic E-state index is -0.206. The van der Waals surface area contributed by atoms with Crippen LogP contribution in [0.1, 0.15) is 32.1 Å². The number of hydrogen-bond donors (Lipinski definition) is 4. The number of anilines is 1. The maximum Gasteiger partial charge on any atom is 0.319 e. The molecule has 8 heteroatoms. The first-order valence-electron chi connectivity index (χ1n) is 8.78. The molecule has 0 spiro atoms. The second-order valence-corrected chi connectivity index (χ2v) is 6.08. The SMILES string of the molecule is CCNC(=NCc1ccc(NC(=O)NC(C)C)cc1)NCc1ccco1.I. The van der Waals surface area contributed by atoms with Crippen LogP contribution >= 0.6 is 24.0 Å². The van der Waals surface area contributed by atoms with Gasteiger partial charge in [0.15, 0.2) is 5.96 Å². The number of aliphatic imine (C=N–C) groups is 1. The predicted molar refractivity (Wildman–Crippen MR) is 120 cm³/mol. The number of nitrogens with one attached hydrogen (secondary N) is 4. The van der Waals surface area contributed by atoms with Gasteiger partial charge < -0.3 is 25.7 Å². The van der Waals surface area contributed by atoms with Gasteiger partial charge in [-0.3, -0.25) is 0 Å². The lowest BCUT2D eigenvalue weighted by Gasteiger charge is -2.11. The van der Waals surface area contributed by atoms with Gasteiger partial charge >= 0.3 is 6.03 Å². The molecule has 0 aliphatic heterocycles. The zero-order valence-electron chi connectivity index (χ0n) is 15.9. The molecule has 0 aliphatic rings. The van der Waals surface area contributed by atoms with Gasteiger partial charge in [0, 0.05) is 18.3 Å². The largest absolute Gasteiger partial charge is 0.467 e. The van der Waals surface area contributed by atoms with Crippen molar-refractivity contribution in [2.24, 2.45) is 4.99 Å². The number of halogens is 1. The number of furan rings is 1. The zero-order chi connectivity index (χ0) is 18.8. The number of urea groups is 1. The predicted octanol–water partition coefficient (Wildman–Crippen LogP) is 3.68.